The fraction of sp³-hybridized carbons (Fsp3) is 0.111. The molecule has 0 saturated carbocycles. The second kappa shape index (κ2) is 9.43. The highest BCUT2D eigenvalue weighted by Crippen LogP contribution is 2.29. The quantitative estimate of drug-likeness (QED) is 0.245. The zero-order valence-electron chi connectivity index (χ0n) is 17.5. The number of halogens is 5. The van der Waals surface area contributed by atoms with Gasteiger partial charge in [-0.1, -0.05) is 30.0 Å². The van der Waals surface area contributed by atoms with Gasteiger partial charge in [0.15, 0.2) is 11.6 Å². The van der Waals surface area contributed by atoms with Gasteiger partial charge >= 0.3 is 0 Å². The van der Waals surface area contributed by atoms with Gasteiger partial charge < -0.3 is 4.74 Å². The number of ether oxygens (including phenoxy) is 1. The average molecular weight is 452 g/mol. The van der Waals surface area contributed by atoms with Gasteiger partial charge in [-0.3, -0.25) is 0 Å². The fourth-order valence-corrected chi connectivity index (χ4v) is 3.52. The van der Waals surface area contributed by atoms with Crippen LogP contribution in [0.5, 0.6) is 0 Å². The molecule has 4 aromatic carbocycles. The highest BCUT2D eigenvalue weighted by atomic mass is 19.2. The molecule has 0 bridgehead atoms. The van der Waals surface area contributed by atoms with Crippen LogP contribution in [-0.4, -0.2) is 13.7 Å². The van der Waals surface area contributed by atoms with E-state index in [2.05, 4.69) is 11.8 Å². The van der Waals surface area contributed by atoms with Gasteiger partial charge in [0.05, 0.1) is 17.7 Å². The average Bonchev–Trinajstić information content (AvgIpc) is 2.79. The van der Waals surface area contributed by atoms with Crippen molar-refractivity contribution in [3.05, 3.63) is 106 Å². The molecule has 4 rings (SSSR count). The first-order valence-corrected chi connectivity index (χ1v) is 10.0. The first kappa shape index (κ1) is 22.5. The smallest absolute Gasteiger partial charge is 0.166 e. The third-order valence-electron chi connectivity index (χ3n) is 5.20. The van der Waals surface area contributed by atoms with E-state index in [0.29, 0.717) is 29.5 Å². The molecule has 0 unspecified atom stereocenters. The maximum Gasteiger partial charge on any atom is 0.166 e. The number of fused-ring (bicyclic) bond motifs is 1. The van der Waals surface area contributed by atoms with Crippen LogP contribution in [0, 0.1) is 40.9 Å². The third kappa shape index (κ3) is 4.74. The van der Waals surface area contributed by atoms with Crippen molar-refractivity contribution in [3.63, 3.8) is 0 Å². The van der Waals surface area contributed by atoms with Crippen LogP contribution in [0.4, 0.5) is 22.0 Å². The highest BCUT2D eigenvalue weighted by Gasteiger charge is 2.15. The molecule has 166 valence electrons. The molecule has 6 heteroatoms. The Morgan fingerprint density at radius 3 is 2.18 bits per heavy atom. The van der Waals surface area contributed by atoms with Crippen LogP contribution in [0.1, 0.15) is 16.7 Å². The Bertz CT molecular complexity index is 1390. The van der Waals surface area contributed by atoms with Crippen LogP contribution in [0.3, 0.4) is 0 Å². The molecule has 4 aromatic rings. The molecule has 0 N–H and O–H groups in total. The molecule has 0 atom stereocenters. The van der Waals surface area contributed by atoms with Crippen LogP contribution in [0.25, 0.3) is 21.9 Å². The molecule has 33 heavy (non-hydrogen) atoms. The predicted octanol–water partition coefficient (Wildman–Crippen LogP) is 6.79. The first-order valence-electron chi connectivity index (χ1n) is 10.0. The van der Waals surface area contributed by atoms with Crippen molar-refractivity contribution in [1.82, 2.24) is 0 Å². The van der Waals surface area contributed by atoms with Gasteiger partial charge in [-0.05, 0) is 65.4 Å². The van der Waals surface area contributed by atoms with Crippen molar-refractivity contribution >= 4 is 10.8 Å². The van der Waals surface area contributed by atoms with E-state index in [1.54, 1.807) is 6.07 Å². The normalized spacial score (nSPS) is 10.8. The van der Waals surface area contributed by atoms with E-state index in [1.165, 1.54) is 49.6 Å². The molecular formula is C27H17F5O. The molecule has 0 aromatic heterocycles. The lowest BCUT2D eigenvalue weighted by Gasteiger charge is -2.09. The van der Waals surface area contributed by atoms with Crippen molar-refractivity contribution in [1.29, 1.82) is 0 Å². The zero-order valence-corrected chi connectivity index (χ0v) is 17.5. The van der Waals surface area contributed by atoms with E-state index in [-0.39, 0.29) is 22.1 Å². The van der Waals surface area contributed by atoms with Gasteiger partial charge in [-0.15, -0.1) is 0 Å². The van der Waals surface area contributed by atoms with Gasteiger partial charge in [-0.25, -0.2) is 22.0 Å². The summed E-state index contributed by atoms with van der Waals surface area (Å²) in [7, 11) is 1.50. The summed E-state index contributed by atoms with van der Waals surface area (Å²) in [5.41, 5.74) is 0.673. The second-order valence-corrected chi connectivity index (χ2v) is 7.42. The lowest BCUT2D eigenvalue weighted by atomic mass is 9.99. The maximum atomic E-state index is 14.6. The zero-order chi connectivity index (χ0) is 23.5. The van der Waals surface area contributed by atoms with Crippen LogP contribution in [-0.2, 0) is 11.2 Å². The number of hydrogen-bond donors (Lipinski definition) is 0. The number of rotatable bonds is 4. The van der Waals surface area contributed by atoms with Crippen molar-refractivity contribution in [3.8, 4) is 23.0 Å². The van der Waals surface area contributed by atoms with Crippen molar-refractivity contribution in [2.45, 2.75) is 6.42 Å². The summed E-state index contributed by atoms with van der Waals surface area (Å²) in [4.78, 5) is 0. The molecule has 0 aliphatic heterocycles. The molecule has 0 aliphatic carbocycles. The standard InChI is InChI=1S/C27H17F5O/c1-33-11-10-17-13-24(30)26(25(31)14-17)20-6-5-18(23(29)15-20)4-2-16-3-8-21-19(12-16)7-9-22(28)27(21)32/h3,5-9,12-15H,10-11H2,1H3. The Morgan fingerprint density at radius 2 is 1.48 bits per heavy atom. The van der Waals surface area contributed by atoms with Gasteiger partial charge in [0, 0.05) is 18.1 Å². The number of methoxy groups -OCH3 is 1. The summed E-state index contributed by atoms with van der Waals surface area (Å²) in [5, 5.41) is 0.574. The summed E-state index contributed by atoms with van der Waals surface area (Å²) in [6, 6.07) is 13.1. The van der Waals surface area contributed by atoms with Gasteiger partial charge in [-0.2, -0.15) is 0 Å². The molecule has 1 nitrogen and oxygen atoms in total. The van der Waals surface area contributed by atoms with Crippen molar-refractivity contribution < 1.29 is 26.7 Å². The SMILES string of the molecule is COCCc1cc(F)c(-c2ccc(C#Cc3ccc4c(F)c(F)ccc4c3)c(F)c2)c(F)c1. The molecular weight excluding hydrogens is 435 g/mol. The van der Waals surface area contributed by atoms with Crippen LogP contribution >= 0.6 is 0 Å². The molecule has 0 heterocycles. The monoisotopic (exact) mass is 452 g/mol. The minimum Gasteiger partial charge on any atom is -0.384 e. The Kier molecular flexibility index (Phi) is 6.43. The molecule has 0 fully saturated rings. The second-order valence-electron chi connectivity index (χ2n) is 7.42. The van der Waals surface area contributed by atoms with E-state index in [9.17, 15) is 22.0 Å². The minimum atomic E-state index is -0.945. The largest absolute Gasteiger partial charge is 0.384 e. The maximum absolute atomic E-state index is 14.6. The van der Waals surface area contributed by atoms with Gasteiger partial charge in [0.1, 0.15) is 17.5 Å². The van der Waals surface area contributed by atoms with E-state index >= 15 is 0 Å². The van der Waals surface area contributed by atoms with Gasteiger partial charge in [0.25, 0.3) is 0 Å². The Balaban J connectivity index is 1.63. The lowest BCUT2D eigenvalue weighted by Crippen LogP contribution is -1.99. The van der Waals surface area contributed by atoms with Gasteiger partial charge in [0.2, 0.25) is 0 Å². The van der Waals surface area contributed by atoms with Crippen LogP contribution in [0.15, 0.2) is 60.7 Å². The van der Waals surface area contributed by atoms with E-state index in [1.807, 2.05) is 0 Å². The summed E-state index contributed by atoms with van der Waals surface area (Å²) >= 11 is 0. The van der Waals surface area contributed by atoms with Crippen LogP contribution in [0.2, 0.25) is 0 Å². The predicted molar refractivity (Wildman–Crippen MR) is 117 cm³/mol. The molecule has 0 saturated heterocycles. The van der Waals surface area contributed by atoms with Crippen molar-refractivity contribution in [2.24, 2.45) is 0 Å². The minimum absolute atomic E-state index is 0.0293. The van der Waals surface area contributed by atoms with E-state index in [4.69, 9.17) is 4.74 Å². The Hall–Kier alpha value is -3.69. The molecule has 0 spiro atoms. The summed E-state index contributed by atoms with van der Waals surface area (Å²) in [5.74, 6) is 1.22. The van der Waals surface area contributed by atoms with Crippen molar-refractivity contribution in [2.75, 3.05) is 13.7 Å². The third-order valence-corrected chi connectivity index (χ3v) is 5.20. The number of hydrogen-bond acceptors (Lipinski definition) is 1. The topological polar surface area (TPSA) is 9.23 Å². The highest BCUT2D eigenvalue weighted by molar-refractivity contribution is 5.84. The lowest BCUT2D eigenvalue weighted by molar-refractivity contribution is 0.202. The summed E-state index contributed by atoms with van der Waals surface area (Å²) in [6.07, 6.45) is 0.351. The summed E-state index contributed by atoms with van der Waals surface area (Å²) in [6.45, 7) is 0.323. The summed E-state index contributed by atoms with van der Waals surface area (Å²) < 4.78 is 75.8. The Morgan fingerprint density at radius 1 is 0.727 bits per heavy atom. The molecule has 0 amide bonds. The van der Waals surface area contributed by atoms with E-state index in [0.717, 1.165) is 12.1 Å². The van der Waals surface area contributed by atoms with Crippen LogP contribution < -0.4 is 0 Å². The van der Waals surface area contributed by atoms with E-state index < -0.39 is 29.1 Å². The first-order chi connectivity index (χ1) is 15.9. The fourth-order valence-electron chi connectivity index (χ4n) is 3.52. The Labute approximate surface area is 187 Å². The molecule has 0 aliphatic rings. The number of benzene rings is 4. The molecule has 0 radical (unpaired) electrons.